The van der Waals surface area contributed by atoms with Crippen molar-refractivity contribution in [1.29, 1.82) is 5.41 Å². The minimum Gasteiger partial charge on any atom is -0.508 e. The number of ether oxygens (including phenoxy) is 1. The van der Waals surface area contributed by atoms with Crippen molar-refractivity contribution in [3.63, 3.8) is 0 Å². The zero-order chi connectivity index (χ0) is 31.9. The molecule has 0 saturated heterocycles. The monoisotopic (exact) mass is 621 g/mol. The number of benzene rings is 3. The summed E-state index contributed by atoms with van der Waals surface area (Å²) in [6, 6.07) is 15.6. The average Bonchev–Trinajstić information content (AvgIpc) is 3.38. The van der Waals surface area contributed by atoms with Crippen molar-refractivity contribution >= 4 is 39.3 Å². The first-order valence-corrected chi connectivity index (χ1v) is 15.6. The van der Waals surface area contributed by atoms with E-state index in [1.807, 2.05) is 0 Å². The molecule has 7 N–H and O–H groups in total. The fourth-order valence-electron chi connectivity index (χ4n) is 4.97. The molecule has 3 aromatic carbocycles. The van der Waals surface area contributed by atoms with E-state index < -0.39 is 33.9 Å². The molecule has 0 aliphatic heterocycles. The van der Waals surface area contributed by atoms with E-state index >= 15 is 0 Å². The molecule has 3 aromatic rings. The van der Waals surface area contributed by atoms with E-state index in [2.05, 4.69) is 15.4 Å². The maximum Gasteiger partial charge on any atom is 0.307 e. The van der Waals surface area contributed by atoms with E-state index in [1.165, 1.54) is 30.3 Å². The number of anilines is 1. The fraction of sp³-hybridized carbons (Fsp3) is 0.290. The van der Waals surface area contributed by atoms with Gasteiger partial charge in [0.15, 0.2) is 0 Å². The summed E-state index contributed by atoms with van der Waals surface area (Å²) in [6.45, 7) is 1.64. The molecule has 1 aliphatic rings. The zero-order valence-electron chi connectivity index (χ0n) is 24.2. The number of carbonyl (C=O) groups excluding carboxylic acids is 3. The lowest BCUT2D eigenvalue weighted by Gasteiger charge is -2.16. The number of nitrogens with two attached hydrogens (primary N) is 1. The lowest BCUT2D eigenvalue weighted by molar-refractivity contribution is -0.149. The van der Waals surface area contributed by atoms with Crippen molar-refractivity contribution in [3.8, 4) is 5.75 Å². The van der Waals surface area contributed by atoms with Gasteiger partial charge in [0.1, 0.15) is 17.7 Å². The van der Waals surface area contributed by atoms with Crippen molar-refractivity contribution in [2.75, 3.05) is 18.4 Å². The largest absolute Gasteiger partial charge is 0.508 e. The molecule has 0 radical (unpaired) electrons. The van der Waals surface area contributed by atoms with Crippen molar-refractivity contribution in [3.05, 3.63) is 88.5 Å². The number of amidine groups is 1. The summed E-state index contributed by atoms with van der Waals surface area (Å²) in [5.74, 6) is -1.31. The van der Waals surface area contributed by atoms with Crippen molar-refractivity contribution in [2.45, 2.75) is 50.0 Å². The van der Waals surface area contributed by atoms with Crippen LogP contribution in [-0.2, 0) is 37.2 Å². The Balaban J connectivity index is 1.28. The van der Waals surface area contributed by atoms with Crippen molar-refractivity contribution < 1.29 is 32.6 Å². The van der Waals surface area contributed by atoms with E-state index in [9.17, 15) is 27.9 Å². The summed E-state index contributed by atoms with van der Waals surface area (Å²) in [5.41, 5.74) is 8.76. The zero-order valence-corrected chi connectivity index (χ0v) is 25.0. The number of phenolic OH excluding ortho intramolecular Hbond substituents is 1. The van der Waals surface area contributed by atoms with Crippen LogP contribution in [0.25, 0.3) is 0 Å². The van der Waals surface area contributed by atoms with Crippen LogP contribution in [0.2, 0.25) is 0 Å². The van der Waals surface area contributed by atoms with Gasteiger partial charge in [-0.1, -0.05) is 31.2 Å². The van der Waals surface area contributed by atoms with Gasteiger partial charge in [-0.3, -0.25) is 19.8 Å². The lowest BCUT2D eigenvalue weighted by atomic mass is 10.1. The number of phenols is 1. The fourth-order valence-corrected chi connectivity index (χ4v) is 6.34. The van der Waals surface area contributed by atoms with E-state index in [0.29, 0.717) is 41.6 Å². The molecular formula is C31H35N5O7S. The van der Waals surface area contributed by atoms with Crippen LogP contribution in [0, 0.1) is 5.41 Å². The minimum atomic E-state index is -4.02. The molecule has 2 amide bonds. The first kappa shape index (κ1) is 32.2. The Bertz CT molecular complexity index is 1670. The molecule has 0 aromatic heterocycles. The highest BCUT2D eigenvalue weighted by molar-refractivity contribution is 7.89. The Kier molecular flexibility index (Phi) is 10.3. The number of nitrogen functional groups attached to an aromatic ring is 1. The Morgan fingerprint density at radius 3 is 2.45 bits per heavy atom. The van der Waals surface area contributed by atoms with Gasteiger partial charge in [-0.15, -0.1) is 0 Å². The number of hydrogen-bond acceptors (Lipinski definition) is 8. The first-order chi connectivity index (χ1) is 21.0. The second kappa shape index (κ2) is 14.1. The van der Waals surface area contributed by atoms with Crippen LogP contribution in [0.3, 0.4) is 0 Å². The van der Waals surface area contributed by atoms with Crippen LogP contribution in [0.5, 0.6) is 5.75 Å². The maximum absolute atomic E-state index is 13.1. The Morgan fingerprint density at radius 2 is 1.75 bits per heavy atom. The number of esters is 1. The number of amides is 2. The average molecular weight is 622 g/mol. The summed E-state index contributed by atoms with van der Waals surface area (Å²) in [5, 5.41) is 22.4. The Hall–Kier alpha value is -4.75. The van der Waals surface area contributed by atoms with Gasteiger partial charge in [-0.25, -0.2) is 13.1 Å². The second-order valence-electron chi connectivity index (χ2n) is 10.2. The summed E-state index contributed by atoms with van der Waals surface area (Å²) < 4.78 is 34.3. The maximum atomic E-state index is 13.1. The van der Waals surface area contributed by atoms with Crippen LogP contribution in [-0.4, -0.2) is 50.2 Å². The molecule has 1 unspecified atom stereocenters. The van der Waals surface area contributed by atoms with E-state index in [-0.39, 0.29) is 42.4 Å². The highest BCUT2D eigenvalue weighted by atomic mass is 32.2. The van der Waals surface area contributed by atoms with Gasteiger partial charge in [-0.2, -0.15) is 0 Å². The van der Waals surface area contributed by atoms with Gasteiger partial charge in [0.05, 0.1) is 11.3 Å². The second-order valence-corrected chi connectivity index (χ2v) is 12.0. The van der Waals surface area contributed by atoms with Crippen LogP contribution < -0.4 is 21.1 Å². The first-order valence-electron chi connectivity index (χ1n) is 14.1. The summed E-state index contributed by atoms with van der Waals surface area (Å²) in [7, 11) is -4.02. The number of carbonyl (C=O) groups is 3. The number of rotatable bonds is 13. The number of hydrogen-bond donors (Lipinski definition) is 6. The normalized spacial score (nSPS) is 14.0. The smallest absolute Gasteiger partial charge is 0.307 e. The number of sulfonamides is 1. The molecule has 0 spiro atoms. The van der Waals surface area contributed by atoms with Crippen molar-refractivity contribution in [1.82, 2.24) is 10.0 Å². The molecular weight excluding hydrogens is 586 g/mol. The number of aryl methyl sites for hydroxylation is 1. The van der Waals surface area contributed by atoms with Crippen LogP contribution in [0.15, 0.2) is 65.6 Å². The number of aromatic hydroxyl groups is 1. The summed E-state index contributed by atoms with van der Waals surface area (Å²) in [6.07, 6.45) is 0.912. The Labute approximate surface area is 255 Å². The molecule has 0 fully saturated rings. The van der Waals surface area contributed by atoms with Crippen LogP contribution in [0.1, 0.15) is 64.9 Å². The van der Waals surface area contributed by atoms with Crippen molar-refractivity contribution in [2.24, 2.45) is 5.73 Å². The van der Waals surface area contributed by atoms with Gasteiger partial charge in [0.2, 0.25) is 15.9 Å². The summed E-state index contributed by atoms with van der Waals surface area (Å²) >= 11 is 0. The quantitative estimate of drug-likeness (QED) is 0.0950. The molecule has 0 saturated carbocycles. The van der Waals surface area contributed by atoms with Gasteiger partial charge < -0.3 is 26.2 Å². The van der Waals surface area contributed by atoms with Gasteiger partial charge >= 0.3 is 5.97 Å². The third kappa shape index (κ3) is 7.99. The highest BCUT2D eigenvalue weighted by Gasteiger charge is 2.26. The lowest BCUT2D eigenvalue weighted by Crippen LogP contribution is -2.29. The minimum absolute atomic E-state index is 0.0157. The third-order valence-corrected chi connectivity index (χ3v) is 8.74. The molecule has 4 rings (SSSR count). The van der Waals surface area contributed by atoms with Crippen LogP contribution >= 0.6 is 0 Å². The van der Waals surface area contributed by atoms with E-state index in [1.54, 1.807) is 37.3 Å². The number of fused-ring (bicyclic) bond motifs is 1. The summed E-state index contributed by atoms with van der Waals surface area (Å²) in [4.78, 5) is 37.4. The molecule has 232 valence electrons. The SMILES string of the molecule is CCc1c(NC(=O)CCNC(=O)c2ccc(C(=N)N)cc2)cccc1S(=O)(=O)NCCC(=O)OC1CCc2cc(O)ccc21. The van der Waals surface area contributed by atoms with E-state index in [0.717, 1.165) is 11.1 Å². The van der Waals surface area contributed by atoms with Gasteiger partial charge in [0.25, 0.3) is 5.91 Å². The molecule has 12 nitrogen and oxygen atoms in total. The molecule has 44 heavy (non-hydrogen) atoms. The standard InChI is InChI=1S/C31H35N5O7S/c1-2-23-25(36-28(38)14-16-34-31(40)20-8-6-19(7-9-20)30(32)33)4-3-5-27(23)44(41,42)35-17-15-29(39)43-26-13-10-21-18-22(37)11-12-24(21)26/h3-9,11-12,18,26,35,37H,2,10,13-17H2,1H3,(H3,32,33)(H,34,40)(H,36,38). The number of nitrogens with one attached hydrogen (secondary N) is 4. The molecule has 0 bridgehead atoms. The molecule has 13 heteroatoms. The van der Waals surface area contributed by atoms with E-state index in [4.69, 9.17) is 15.9 Å². The molecule has 1 atom stereocenters. The van der Waals surface area contributed by atoms with Gasteiger partial charge in [-0.05, 0) is 72.4 Å². The predicted molar refractivity (Wildman–Crippen MR) is 164 cm³/mol. The van der Waals surface area contributed by atoms with Crippen LogP contribution in [0.4, 0.5) is 5.69 Å². The third-order valence-electron chi connectivity index (χ3n) is 7.19. The highest BCUT2D eigenvalue weighted by Crippen LogP contribution is 2.36. The topological polar surface area (TPSA) is 201 Å². The molecule has 0 heterocycles. The molecule has 1 aliphatic carbocycles. The Morgan fingerprint density at radius 1 is 1.02 bits per heavy atom. The van der Waals surface area contributed by atoms with Gasteiger partial charge in [0, 0.05) is 36.3 Å². The predicted octanol–water partition coefficient (Wildman–Crippen LogP) is 2.90.